The third kappa shape index (κ3) is 5.50. The third-order valence-electron chi connectivity index (χ3n) is 9.47. The number of unbranched alkanes of at least 4 members (excludes halogenated alkanes) is 1. The van der Waals surface area contributed by atoms with Gasteiger partial charge in [-0.25, -0.2) is 0 Å². The van der Waals surface area contributed by atoms with Crippen molar-refractivity contribution in [1.29, 1.82) is 0 Å². The number of carbonyl (C=O) groups is 2. The minimum absolute atomic E-state index is 0.156. The van der Waals surface area contributed by atoms with E-state index < -0.39 is 35.0 Å². The van der Waals surface area contributed by atoms with Gasteiger partial charge in [-0.2, -0.15) is 0 Å². The fourth-order valence-corrected chi connectivity index (χ4v) is 7.25. The van der Waals surface area contributed by atoms with Crippen molar-refractivity contribution in [1.82, 2.24) is 10.6 Å². The molecule has 4 aromatic carbocycles. The van der Waals surface area contributed by atoms with Gasteiger partial charge >= 0.3 is 0 Å². The van der Waals surface area contributed by atoms with Crippen LogP contribution in [0.2, 0.25) is 0 Å². The van der Waals surface area contributed by atoms with Crippen molar-refractivity contribution in [3.05, 3.63) is 119 Å². The Morgan fingerprint density at radius 2 is 1.42 bits per heavy atom. The topological polar surface area (TPSA) is 136 Å². The minimum atomic E-state index is -2.02. The molecule has 10 heteroatoms. The maximum absolute atomic E-state index is 14.6. The highest BCUT2D eigenvalue weighted by atomic mass is 16.5. The summed E-state index contributed by atoms with van der Waals surface area (Å²) in [5.74, 6) is -1.12. The summed E-state index contributed by atoms with van der Waals surface area (Å²) in [6, 6.07) is 28.4. The molecule has 1 saturated carbocycles. The summed E-state index contributed by atoms with van der Waals surface area (Å²) >= 11 is 0. The Morgan fingerprint density at radius 3 is 2.04 bits per heavy atom. The summed E-state index contributed by atoms with van der Waals surface area (Å²) in [5.41, 5.74) is -1.78. The second-order valence-corrected chi connectivity index (χ2v) is 12.0. The smallest absolute Gasteiger partial charge is 0.251 e. The molecule has 0 spiro atoms. The van der Waals surface area contributed by atoms with Crippen molar-refractivity contribution in [2.75, 3.05) is 34.4 Å². The quantitative estimate of drug-likeness (QED) is 0.167. The van der Waals surface area contributed by atoms with Gasteiger partial charge in [0, 0.05) is 36.7 Å². The second-order valence-electron chi connectivity index (χ2n) is 12.0. The number of rotatable bonds is 12. The van der Waals surface area contributed by atoms with E-state index in [0.717, 1.165) is 0 Å². The van der Waals surface area contributed by atoms with Crippen molar-refractivity contribution in [2.24, 2.45) is 5.92 Å². The number of ether oxygens (including phenoxy) is 4. The van der Waals surface area contributed by atoms with E-state index in [-0.39, 0.29) is 23.0 Å². The number of aliphatic hydroxyl groups excluding tert-OH is 1. The molecular weight excluding hydrogens is 612 g/mol. The molecule has 4 N–H and O–H groups in total. The molecular formula is C38H40N2O8. The maximum Gasteiger partial charge on any atom is 0.251 e. The average molecular weight is 653 g/mol. The van der Waals surface area contributed by atoms with Gasteiger partial charge in [0.1, 0.15) is 34.7 Å². The summed E-state index contributed by atoms with van der Waals surface area (Å²) in [5, 5.41) is 31.4. The van der Waals surface area contributed by atoms with Crippen LogP contribution in [-0.2, 0) is 16.0 Å². The highest BCUT2D eigenvalue weighted by Gasteiger charge is 2.76. The predicted molar refractivity (Wildman–Crippen MR) is 178 cm³/mol. The molecule has 1 aliphatic carbocycles. The number of fused-ring (bicyclic) bond motifs is 4. The molecule has 2 amide bonds. The molecule has 2 aliphatic rings. The zero-order valence-electron chi connectivity index (χ0n) is 27.1. The maximum atomic E-state index is 14.6. The van der Waals surface area contributed by atoms with Crippen molar-refractivity contribution in [3.8, 4) is 23.0 Å². The van der Waals surface area contributed by atoms with E-state index in [2.05, 4.69) is 10.6 Å². The van der Waals surface area contributed by atoms with Crippen molar-refractivity contribution < 1.29 is 38.7 Å². The molecule has 0 unspecified atom stereocenters. The van der Waals surface area contributed by atoms with Crippen LogP contribution in [-0.4, -0.2) is 62.6 Å². The largest absolute Gasteiger partial charge is 0.497 e. The average Bonchev–Trinajstić information content (AvgIpc) is 3.25. The second kappa shape index (κ2) is 13.6. The fraction of sp³-hybridized carbons (Fsp3) is 0.316. The molecule has 5 atom stereocenters. The lowest BCUT2D eigenvalue weighted by molar-refractivity contribution is -0.159. The van der Waals surface area contributed by atoms with Gasteiger partial charge in [0.15, 0.2) is 5.60 Å². The summed E-state index contributed by atoms with van der Waals surface area (Å²) in [7, 11) is 4.53. The number of carbonyl (C=O) groups excluding carboxylic acids is 2. The first kappa shape index (κ1) is 32.9. The summed E-state index contributed by atoms with van der Waals surface area (Å²) in [6.45, 7) is 0.739. The molecule has 0 radical (unpaired) electrons. The van der Waals surface area contributed by atoms with Gasteiger partial charge in [0.05, 0.1) is 32.8 Å². The van der Waals surface area contributed by atoms with Crippen LogP contribution in [0.15, 0.2) is 97.1 Å². The summed E-state index contributed by atoms with van der Waals surface area (Å²) < 4.78 is 23.5. The zero-order chi connectivity index (χ0) is 33.9. The Morgan fingerprint density at radius 1 is 0.792 bits per heavy atom. The Kier molecular flexibility index (Phi) is 9.30. The van der Waals surface area contributed by atoms with Gasteiger partial charge in [0.25, 0.3) is 5.91 Å². The Bertz CT molecular complexity index is 1750. The van der Waals surface area contributed by atoms with Gasteiger partial charge in [-0.1, -0.05) is 60.7 Å². The van der Waals surface area contributed by atoms with Crippen LogP contribution in [0.3, 0.4) is 0 Å². The van der Waals surface area contributed by atoms with Crippen LogP contribution in [0.25, 0.3) is 0 Å². The van der Waals surface area contributed by atoms with E-state index in [9.17, 15) is 19.8 Å². The first-order valence-electron chi connectivity index (χ1n) is 16.0. The van der Waals surface area contributed by atoms with Gasteiger partial charge in [-0.15, -0.1) is 0 Å². The Hall–Kier alpha value is -5.06. The van der Waals surface area contributed by atoms with E-state index in [4.69, 9.17) is 18.9 Å². The van der Waals surface area contributed by atoms with Crippen molar-refractivity contribution in [3.63, 3.8) is 0 Å². The first-order chi connectivity index (χ1) is 23.3. The number of hydrogen-bond acceptors (Lipinski definition) is 8. The monoisotopic (exact) mass is 652 g/mol. The summed E-state index contributed by atoms with van der Waals surface area (Å²) in [6.07, 6.45) is -0.388. The van der Waals surface area contributed by atoms with E-state index in [1.807, 2.05) is 48.5 Å². The Balaban J connectivity index is 1.37. The molecule has 6 rings (SSSR count). The fourth-order valence-electron chi connectivity index (χ4n) is 7.25. The summed E-state index contributed by atoms with van der Waals surface area (Å²) in [4.78, 5) is 27.0. The number of methoxy groups -OCH3 is 3. The molecule has 1 heterocycles. The molecule has 1 aliphatic heterocycles. The number of nitrogens with one attached hydrogen (secondary N) is 2. The first-order valence-corrected chi connectivity index (χ1v) is 16.0. The van der Waals surface area contributed by atoms with E-state index in [1.165, 1.54) is 14.2 Å². The Labute approximate surface area is 279 Å². The molecule has 0 aromatic heterocycles. The third-order valence-corrected chi connectivity index (χ3v) is 9.47. The van der Waals surface area contributed by atoms with Gasteiger partial charge < -0.3 is 39.8 Å². The molecule has 250 valence electrons. The van der Waals surface area contributed by atoms with E-state index in [1.54, 1.807) is 55.6 Å². The van der Waals surface area contributed by atoms with Crippen LogP contribution >= 0.6 is 0 Å². The highest BCUT2D eigenvalue weighted by Crippen LogP contribution is 2.68. The molecule has 0 saturated heterocycles. The normalized spacial score (nSPS) is 23.7. The highest BCUT2D eigenvalue weighted by molar-refractivity contribution is 5.94. The van der Waals surface area contributed by atoms with Crippen LogP contribution in [0.5, 0.6) is 23.0 Å². The number of aliphatic hydroxyl groups is 2. The molecule has 2 bridgehead atoms. The zero-order valence-corrected chi connectivity index (χ0v) is 27.1. The van der Waals surface area contributed by atoms with Gasteiger partial charge in [0.2, 0.25) is 5.91 Å². The van der Waals surface area contributed by atoms with Crippen molar-refractivity contribution >= 4 is 11.8 Å². The lowest BCUT2D eigenvalue weighted by atomic mass is 9.75. The van der Waals surface area contributed by atoms with Crippen molar-refractivity contribution in [2.45, 2.75) is 36.1 Å². The standard InChI is InChI=1S/C38H40N2O8/c1-45-27-18-16-26(17-19-27)38-33(35(42)40-21-11-10-20-39-34(41)25-14-8-5-9-15-25)31(24-12-6-4-7-13-24)37(44,36(38)43)32-29(47-3)22-28(46-2)23-30(32)48-38/h4-9,12-19,22-23,31,33,36,43-44H,10-11,20-21H2,1-3H3,(H,39,41)(H,40,42)/t31-,33+,36-,37-,38+/m1/s1. The molecule has 48 heavy (non-hydrogen) atoms. The predicted octanol–water partition coefficient (Wildman–Crippen LogP) is 4.29. The molecule has 4 aromatic rings. The van der Waals surface area contributed by atoms with Crippen LogP contribution in [0.4, 0.5) is 0 Å². The minimum Gasteiger partial charge on any atom is -0.497 e. The molecule has 1 fully saturated rings. The van der Waals surface area contributed by atoms with E-state index in [0.29, 0.717) is 54.1 Å². The lowest BCUT2D eigenvalue weighted by Gasteiger charge is -2.45. The molecule has 10 nitrogen and oxygen atoms in total. The van der Waals surface area contributed by atoms with Gasteiger partial charge in [-0.3, -0.25) is 9.59 Å². The van der Waals surface area contributed by atoms with Crippen LogP contribution in [0, 0.1) is 5.92 Å². The van der Waals surface area contributed by atoms with Crippen LogP contribution < -0.4 is 29.6 Å². The number of benzene rings is 4. The lowest BCUT2D eigenvalue weighted by Crippen LogP contribution is -2.56. The SMILES string of the molecule is COc1ccc([C@]23Oc4cc(OC)cc(OC)c4[C@](O)([C@H](c4ccccc4)[C@H]2C(=O)NCCCCNC(=O)c2ccccc2)[C@H]3O)cc1. The van der Waals surface area contributed by atoms with E-state index >= 15 is 0 Å². The number of amides is 2. The number of hydrogen-bond donors (Lipinski definition) is 4. The van der Waals surface area contributed by atoms with Crippen LogP contribution in [0.1, 0.15) is 45.8 Å². The van der Waals surface area contributed by atoms with Gasteiger partial charge in [-0.05, 0) is 48.2 Å².